The number of aromatic nitrogens is 3. The fourth-order valence-electron chi connectivity index (χ4n) is 3.81. The minimum Gasteiger partial charge on any atom is -0.340 e. The van der Waals surface area contributed by atoms with Gasteiger partial charge in [0.15, 0.2) is 0 Å². The highest BCUT2D eigenvalue weighted by atomic mass is 19.1. The van der Waals surface area contributed by atoms with Crippen molar-refractivity contribution in [2.75, 3.05) is 13.1 Å². The molecular formula is C21H29FN6O2. The van der Waals surface area contributed by atoms with Gasteiger partial charge in [0.25, 0.3) is 0 Å². The zero-order valence-corrected chi connectivity index (χ0v) is 17.5. The van der Waals surface area contributed by atoms with Crippen LogP contribution < -0.4 is 10.6 Å². The van der Waals surface area contributed by atoms with Crippen molar-refractivity contribution in [3.8, 4) is 0 Å². The average molecular weight is 417 g/mol. The van der Waals surface area contributed by atoms with Crippen molar-refractivity contribution in [2.45, 2.75) is 51.1 Å². The van der Waals surface area contributed by atoms with Crippen LogP contribution in [0.3, 0.4) is 0 Å². The van der Waals surface area contributed by atoms with Gasteiger partial charge in [0.05, 0.1) is 0 Å². The van der Waals surface area contributed by atoms with E-state index in [0.29, 0.717) is 19.5 Å². The molecule has 3 rings (SSSR count). The minimum absolute atomic E-state index is 0.0688. The van der Waals surface area contributed by atoms with Gasteiger partial charge in [-0.3, -0.25) is 4.79 Å². The number of carbonyl (C=O) groups is 2. The van der Waals surface area contributed by atoms with Gasteiger partial charge in [0.1, 0.15) is 24.0 Å². The Hall–Kier alpha value is -2.97. The van der Waals surface area contributed by atoms with E-state index in [-0.39, 0.29) is 24.2 Å². The number of aryl methyl sites for hydroxylation is 1. The SMILES string of the molecule is CCC[C@H](NC(=O)NCc1ccc(F)cc1)C(=O)N1CCC[C@@H](c2nncn2C)C1. The summed E-state index contributed by atoms with van der Waals surface area (Å²) in [6.45, 7) is 3.49. The molecule has 1 aliphatic rings. The summed E-state index contributed by atoms with van der Waals surface area (Å²) in [7, 11) is 1.91. The smallest absolute Gasteiger partial charge is 0.315 e. The zero-order chi connectivity index (χ0) is 21.5. The Morgan fingerprint density at radius 2 is 2.07 bits per heavy atom. The molecule has 8 nitrogen and oxygen atoms in total. The van der Waals surface area contributed by atoms with E-state index in [1.807, 2.05) is 23.4 Å². The van der Waals surface area contributed by atoms with E-state index in [4.69, 9.17) is 0 Å². The number of benzene rings is 1. The maximum Gasteiger partial charge on any atom is 0.315 e. The zero-order valence-electron chi connectivity index (χ0n) is 17.5. The number of rotatable bonds is 7. The molecule has 0 aliphatic carbocycles. The minimum atomic E-state index is -0.582. The van der Waals surface area contributed by atoms with Crippen LogP contribution in [0.4, 0.5) is 9.18 Å². The quantitative estimate of drug-likeness (QED) is 0.725. The van der Waals surface area contributed by atoms with Crippen LogP contribution in [0.1, 0.15) is 49.9 Å². The van der Waals surface area contributed by atoms with E-state index in [0.717, 1.165) is 30.7 Å². The Bertz CT molecular complexity index is 853. The fraction of sp³-hybridized carbons (Fsp3) is 0.524. The second-order valence-electron chi connectivity index (χ2n) is 7.72. The molecule has 30 heavy (non-hydrogen) atoms. The maximum absolute atomic E-state index is 13.1. The molecule has 0 unspecified atom stereocenters. The molecule has 3 amide bonds. The van der Waals surface area contributed by atoms with Gasteiger partial charge >= 0.3 is 6.03 Å². The molecule has 1 fully saturated rings. The van der Waals surface area contributed by atoms with Crippen LogP contribution in [0.15, 0.2) is 30.6 Å². The van der Waals surface area contributed by atoms with Gasteiger partial charge in [-0.1, -0.05) is 25.5 Å². The molecule has 2 N–H and O–H groups in total. The van der Waals surface area contributed by atoms with Crippen LogP contribution in [0, 0.1) is 5.82 Å². The second-order valence-corrected chi connectivity index (χ2v) is 7.72. The van der Waals surface area contributed by atoms with Gasteiger partial charge in [-0.15, -0.1) is 10.2 Å². The number of carbonyl (C=O) groups excluding carboxylic acids is 2. The monoisotopic (exact) mass is 416 g/mol. The van der Waals surface area contributed by atoms with Crippen LogP contribution in [0.25, 0.3) is 0 Å². The number of urea groups is 1. The number of nitrogens with zero attached hydrogens (tertiary/aromatic N) is 4. The molecule has 9 heteroatoms. The number of nitrogens with one attached hydrogen (secondary N) is 2. The van der Waals surface area contributed by atoms with Crippen LogP contribution in [0.2, 0.25) is 0 Å². The summed E-state index contributed by atoms with van der Waals surface area (Å²) in [5.74, 6) is 0.632. The highest BCUT2D eigenvalue weighted by Gasteiger charge is 2.31. The fourth-order valence-corrected chi connectivity index (χ4v) is 3.81. The standard InChI is InChI=1S/C21H29FN6O2/c1-3-5-18(25-21(30)23-12-15-7-9-17(22)10-8-15)20(29)28-11-4-6-16(13-28)19-26-24-14-27(19)2/h7-10,14,16,18H,3-6,11-13H2,1-2H3,(H2,23,25,30)/t16-,18+/m1/s1. The molecule has 1 aliphatic heterocycles. The molecule has 2 aromatic rings. The van der Waals surface area contributed by atoms with Gasteiger partial charge in [-0.25, -0.2) is 9.18 Å². The molecule has 2 heterocycles. The molecule has 0 radical (unpaired) electrons. The van der Waals surface area contributed by atoms with E-state index in [9.17, 15) is 14.0 Å². The molecule has 2 atom stereocenters. The van der Waals surface area contributed by atoms with Crippen molar-refractivity contribution >= 4 is 11.9 Å². The maximum atomic E-state index is 13.1. The van der Waals surface area contributed by atoms with Gasteiger partial charge in [0, 0.05) is 32.6 Å². The topological polar surface area (TPSA) is 92.2 Å². The van der Waals surface area contributed by atoms with Crippen LogP contribution in [0.5, 0.6) is 0 Å². The highest BCUT2D eigenvalue weighted by molar-refractivity contribution is 5.87. The number of likely N-dealkylation sites (tertiary alicyclic amines) is 1. The first-order valence-electron chi connectivity index (χ1n) is 10.4. The lowest BCUT2D eigenvalue weighted by molar-refractivity contribution is -0.134. The summed E-state index contributed by atoms with van der Waals surface area (Å²) in [5, 5.41) is 13.7. The summed E-state index contributed by atoms with van der Waals surface area (Å²) in [6, 6.07) is 4.94. The Balaban J connectivity index is 1.57. The lowest BCUT2D eigenvalue weighted by Gasteiger charge is -2.34. The van der Waals surface area contributed by atoms with Gasteiger partial charge < -0.3 is 20.1 Å². The van der Waals surface area contributed by atoms with Crippen molar-refractivity contribution in [3.63, 3.8) is 0 Å². The summed E-state index contributed by atoms with van der Waals surface area (Å²) in [5.41, 5.74) is 0.785. The highest BCUT2D eigenvalue weighted by Crippen LogP contribution is 2.25. The Morgan fingerprint density at radius 1 is 1.30 bits per heavy atom. The third kappa shape index (κ3) is 5.55. The number of hydrogen-bond acceptors (Lipinski definition) is 4. The van der Waals surface area contributed by atoms with Crippen molar-refractivity contribution in [1.82, 2.24) is 30.3 Å². The summed E-state index contributed by atoms with van der Waals surface area (Å²) >= 11 is 0. The first-order chi connectivity index (χ1) is 14.5. The largest absolute Gasteiger partial charge is 0.340 e. The lowest BCUT2D eigenvalue weighted by atomic mass is 9.96. The molecule has 1 aromatic carbocycles. The predicted molar refractivity (Wildman–Crippen MR) is 110 cm³/mol. The van der Waals surface area contributed by atoms with E-state index < -0.39 is 12.1 Å². The summed E-state index contributed by atoms with van der Waals surface area (Å²) < 4.78 is 14.9. The van der Waals surface area contributed by atoms with Crippen molar-refractivity contribution in [3.05, 3.63) is 47.8 Å². The van der Waals surface area contributed by atoms with Gasteiger partial charge in [0.2, 0.25) is 5.91 Å². The van der Waals surface area contributed by atoms with Crippen LogP contribution in [-0.2, 0) is 18.4 Å². The van der Waals surface area contributed by atoms with E-state index in [2.05, 4.69) is 20.8 Å². The van der Waals surface area contributed by atoms with E-state index in [1.54, 1.807) is 18.5 Å². The first-order valence-corrected chi connectivity index (χ1v) is 10.4. The van der Waals surface area contributed by atoms with Crippen molar-refractivity contribution < 1.29 is 14.0 Å². The molecule has 1 aromatic heterocycles. The van der Waals surface area contributed by atoms with Crippen LogP contribution >= 0.6 is 0 Å². The number of amides is 3. The third-order valence-corrected chi connectivity index (χ3v) is 5.39. The molecule has 162 valence electrons. The molecule has 0 spiro atoms. The number of halogens is 1. The Kier molecular flexibility index (Phi) is 7.37. The Morgan fingerprint density at radius 3 is 2.73 bits per heavy atom. The molecular weight excluding hydrogens is 387 g/mol. The van der Waals surface area contributed by atoms with Crippen LogP contribution in [-0.4, -0.2) is 50.7 Å². The summed E-state index contributed by atoms with van der Waals surface area (Å²) in [4.78, 5) is 27.3. The predicted octanol–water partition coefficient (Wildman–Crippen LogP) is 2.33. The molecule has 0 bridgehead atoms. The van der Waals surface area contributed by atoms with Crippen molar-refractivity contribution in [2.24, 2.45) is 7.05 Å². The molecule has 0 saturated carbocycles. The molecule has 1 saturated heterocycles. The van der Waals surface area contributed by atoms with Gasteiger partial charge in [-0.2, -0.15) is 0 Å². The van der Waals surface area contributed by atoms with E-state index in [1.165, 1.54) is 12.1 Å². The number of piperidine rings is 1. The van der Waals surface area contributed by atoms with Gasteiger partial charge in [-0.05, 0) is 37.0 Å². The summed E-state index contributed by atoms with van der Waals surface area (Å²) in [6.07, 6.45) is 4.85. The lowest BCUT2D eigenvalue weighted by Crippen LogP contribution is -2.53. The normalized spacial score (nSPS) is 17.4. The third-order valence-electron chi connectivity index (χ3n) is 5.39. The second kappa shape index (κ2) is 10.2. The average Bonchev–Trinajstić information content (AvgIpc) is 3.18. The van der Waals surface area contributed by atoms with Crippen molar-refractivity contribution in [1.29, 1.82) is 0 Å². The van der Waals surface area contributed by atoms with E-state index >= 15 is 0 Å². The Labute approximate surface area is 175 Å². The first kappa shape index (κ1) is 21.7. The number of hydrogen-bond donors (Lipinski definition) is 2.